The van der Waals surface area contributed by atoms with Crippen LogP contribution in [0.5, 0.6) is 0 Å². The van der Waals surface area contributed by atoms with Crippen LogP contribution in [0.4, 0.5) is 0 Å². The second-order valence-electron chi connectivity index (χ2n) is 4.01. The topological polar surface area (TPSA) is 72.2 Å². The van der Waals surface area contributed by atoms with Crippen molar-refractivity contribution in [2.45, 2.75) is 24.5 Å². The zero-order valence-corrected chi connectivity index (χ0v) is 13.7. The Morgan fingerprint density at radius 3 is 2.68 bits per heavy atom. The number of sulfonamides is 1. The average molecular weight is 365 g/mol. The van der Waals surface area contributed by atoms with Crippen molar-refractivity contribution in [3.63, 3.8) is 0 Å². The van der Waals surface area contributed by atoms with Gasteiger partial charge in [0.15, 0.2) is 0 Å². The summed E-state index contributed by atoms with van der Waals surface area (Å²) >= 11 is 4.43. The Kier molecular flexibility index (Phi) is 4.44. The Morgan fingerprint density at radius 1 is 1.42 bits per heavy atom. The molecule has 1 N–H and O–H groups in total. The third-order valence-corrected chi connectivity index (χ3v) is 6.24. The number of halogens is 1. The smallest absolute Gasteiger partial charge is 0.250 e. The summed E-state index contributed by atoms with van der Waals surface area (Å²) < 4.78 is 32.7. The third-order valence-electron chi connectivity index (χ3n) is 2.66. The van der Waals surface area contributed by atoms with E-state index in [1.54, 1.807) is 12.1 Å². The maximum absolute atomic E-state index is 12.0. The van der Waals surface area contributed by atoms with Crippen molar-refractivity contribution in [2.24, 2.45) is 0 Å². The number of nitrogens with one attached hydrogen (secondary N) is 1. The van der Waals surface area contributed by atoms with Crippen LogP contribution in [-0.4, -0.2) is 20.1 Å². The molecule has 0 aromatic carbocycles. The van der Waals surface area contributed by atoms with Crippen LogP contribution in [0.3, 0.4) is 0 Å². The molecule has 0 radical (unpaired) electrons. The van der Waals surface area contributed by atoms with Gasteiger partial charge in [0, 0.05) is 12.1 Å². The molecule has 0 saturated carbocycles. The molecule has 0 atom stereocenters. The lowest BCUT2D eigenvalue weighted by molar-refractivity contribution is 0.392. The van der Waals surface area contributed by atoms with Crippen molar-refractivity contribution < 1.29 is 12.9 Å². The molecule has 8 heteroatoms. The van der Waals surface area contributed by atoms with E-state index in [1.807, 2.05) is 13.8 Å². The van der Waals surface area contributed by atoms with Gasteiger partial charge in [-0.2, -0.15) is 0 Å². The molecule has 0 amide bonds. The molecule has 0 fully saturated rings. The van der Waals surface area contributed by atoms with Gasteiger partial charge in [-0.15, -0.1) is 11.3 Å². The van der Waals surface area contributed by atoms with Crippen LogP contribution in [0, 0.1) is 13.8 Å². The lowest BCUT2D eigenvalue weighted by atomic mass is 10.1. The van der Waals surface area contributed by atoms with E-state index < -0.39 is 10.0 Å². The molecule has 5 nitrogen and oxygen atoms in total. The maximum Gasteiger partial charge on any atom is 0.250 e. The van der Waals surface area contributed by atoms with Crippen molar-refractivity contribution in [1.82, 2.24) is 9.88 Å². The van der Waals surface area contributed by atoms with Crippen LogP contribution >= 0.6 is 27.3 Å². The van der Waals surface area contributed by atoms with Gasteiger partial charge in [-0.1, -0.05) is 5.16 Å². The van der Waals surface area contributed by atoms with Crippen LogP contribution in [0.2, 0.25) is 0 Å². The molecule has 0 aliphatic heterocycles. The highest BCUT2D eigenvalue weighted by molar-refractivity contribution is 9.11. The highest BCUT2D eigenvalue weighted by atomic mass is 79.9. The van der Waals surface area contributed by atoms with Gasteiger partial charge in [-0.3, -0.25) is 0 Å². The summed E-state index contributed by atoms with van der Waals surface area (Å²) in [6.07, 6.45) is 0.562. The number of rotatable bonds is 5. The van der Waals surface area contributed by atoms with Crippen molar-refractivity contribution in [3.05, 3.63) is 32.9 Å². The molecule has 0 spiro atoms. The van der Waals surface area contributed by atoms with Gasteiger partial charge in [0.1, 0.15) is 9.97 Å². The van der Waals surface area contributed by atoms with Crippen LogP contribution in [-0.2, 0) is 16.4 Å². The second kappa shape index (κ2) is 5.74. The normalized spacial score (nSPS) is 11.9. The van der Waals surface area contributed by atoms with E-state index in [9.17, 15) is 8.42 Å². The maximum atomic E-state index is 12.0. The summed E-state index contributed by atoms with van der Waals surface area (Å²) in [7, 11) is -3.43. The number of hydrogen-bond acceptors (Lipinski definition) is 5. The zero-order valence-electron chi connectivity index (χ0n) is 10.4. The number of aryl methyl sites for hydroxylation is 2. The minimum atomic E-state index is -3.43. The summed E-state index contributed by atoms with van der Waals surface area (Å²) in [6, 6.07) is 3.29. The molecule has 0 unspecified atom stereocenters. The Bertz CT molecular complexity index is 656. The van der Waals surface area contributed by atoms with Crippen LogP contribution in [0.15, 0.2) is 24.7 Å². The van der Waals surface area contributed by atoms with Gasteiger partial charge in [0.2, 0.25) is 10.0 Å². The monoisotopic (exact) mass is 364 g/mol. The van der Waals surface area contributed by atoms with Crippen LogP contribution in [0.1, 0.15) is 17.0 Å². The Morgan fingerprint density at radius 2 is 2.16 bits per heavy atom. The second-order valence-corrected chi connectivity index (χ2v) is 8.47. The van der Waals surface area contributed by atoms with Crippen LogP contribution < -0.4 is 4.72 Å². The minimum Gasteiger partial charge on any atom is -0.361 e. The highest BCUT2D eigenvalue weighted by Crippen LogP contribution is 2.25. The minimum absolute atomic E-state index is 0.304. The first-order chi connectivity index (χ1) is 8.90. The quantitative estimate of drug-likeness (QED) is 0.884. The summed E-state index contributed by atoms with van der Waals surface area (Å²) in [5.41, 5.74) is 1.76. The first-order valence-electron chi connectivity index (χ1n) is 5.57. The van der Waals surface area contributed by atoms with E-state index in [0.29, 0.717) is 17.2 Å². The van der Waals surface area contributed by atoms with E-state index >= 15 is 0 Å². The Labute approximate surface area is 124 Å². The molecule has 0 bridgehead atoms. The molecule has 2 heterocycles. The molecule has 2 aromatic rings. The summed E-state index contributed by atoms with van der Waals surface area (Å²) in [5.74, 6) is 0.732. The van der Waals surface area contributed by atoms with E-state index in [1.165, 1.54) is 11.3 Å². The van der Waals surface area contributed by atoms with E-state index in [-0.39, 0.29) is 0 Å². The molecule has 0 aliphatic rings. The molecule has 19 heavy (non-hydrogen) atoms. The number of nitrogens with zero attached hydrogens (tertiary/aromatic N) is 1. The van der Waals surface area contributed by atoms with Gasteiger partial charge in [0.05, 0.1) is 9.48 Å². The van der Waals surface area contributed by atoms with Crippen molar-refractivity contribution in [3.8, 4) is 0 Å². The van der Waals surface area contributed by atoms with Crippen molar-refractivity contribution >= 4 is 37.3 Å². The average Bonchev–Trinajstić information content (AvgIpc) is 2.90. The zero-order chi connectivity index (χ0) is 14.0. The Hall–Kier alpha value is -0.700. The molecule has 0 aliphatic carbocycles. The molecular formula is C11H13BrN2O3S2. The number of hydrogen-bond donors (Lipinski definition) is 1. The van der Waals surface area contributed by atoms with Gasteiger partial charge < -0.3 is 4.52 Å². The largest absolute Gasteiger partial charge is 0.361 e. The fraction of sp³-hybridized carbons (Fsp3) is 0.364. The Balaban J connectivity index is 2.00. The third kappa shape index (κ3) is 3.44. The molecule has 2 rings (SSSR count). The predicted molar refractivity (Wildman–Crippen MR) is 76.9 cm³/mol. The predicted octanol–water partition coefficient (Wildman–Crippen LogP) is 2.64. The van der Waals surface area contributed by atoms with Gasteiger partial charge >= 0.3 is 0 Å². The van der Waals surface area contributed by atoms with E-state index in [0.717, 1.165) is 20.8 Å². The van der Waals surface area contributed by atoms with E-state index in [4.69, 9.17) is 4.52 Å². The van der Waals surface area contributed by atoms with Crippen LogP contribution in [0.25, 0.3) is 0 Å². The van der Waals surface area contributed by atoms with Gasteiger partial charge in [-0.25, -0.2) is 13.1 Å². The van der Waals surface area contributed by atoms with Crippen molar-refractivity contribution in [2.75, 3.05) is 6.54 Å². The summed E-state index contributed by atoms with van der Waals surface area (Å²) in [4.78, 5) is 0. The number of thiophene rings is 1. The number of aromatic nitrogens is 1. The fourth-order valence-electron chi connectivity index (χ4n) is 1.68. The fourth-order valence-corrected chi connectivity index (χ4v) is 4.77. The first kappa shape index (κ1) is 14.7. The van der Waals surface area contributed by atoms with Gasteiger partial charge in [0.25, 0.3) is 0 Å². The standard InChI is InChI=1S/C11H13BrN2O3S2/c1-7-9(8(2)17-14-7)5-6-13-19(15,16)11-4-3-10(12)18-11/h3-4,13H,5-6H2,1-2H3. The van der Waals surface area contributed by atoms with Crippen molar-refractivity contribution in [1.29, 1.82) is 0 Å². The first-order valence-corrected chi connectivity index (χ1v) is 8.66. The lowest BCUT2D eigenvalue weighted by Gasteiger charge is -2.04. The molecule has 2 aromatic heterocycles. The summed E-state index contributed by atoms with van der Waals surface area (Å²) in [6.45, 7) is 3.98. The molecule has 104 valence electrons. The highest BCUT2D eigenvalue weighted by Gasteiger charge is 2.16. The molecular weight excluding hydrogens is 352 g/mol. The summed E-state index contributed by atoms with van der Waals surface area (Å²) in [5, 5.41) is 3.84. The van der Waals surface area contributed by atoms with Gasteiger partial charge in [-0.05, 0) is 48.3 Å². The molecule has 0 saturated heterocycles. The SMILES string of the molecule is Cc1noc(C)c1CCNS(=O)(=O)c1ccc(Br)s1. The lowest BCUT2D eigenvalue weighted by Crippen LogP contribution is -2.25. The van der Waals surface area contributed by atoms with E-state index in [2.05, 4.69) is 25.8 Å².